The molecule has 4 heteroatoms. The Morgan fingerprint density at radius 3 is 1.54 bits per heavy atom. The Hall–Kier alpha value is -1.58. The summed E-state index contributed by atoms with van der Waals surface area (Å²) in [5.41, 5.74) is 2.88. The van der Waals surface area contributed by atoms with Crippen molar-refractivity contribution in [3.05, 3.63) is 23.3 Å². The summed E-state index contributed by atoms with van der Waals surface area (Å²) in [4.78, 5) is 20.8. The van der Waals surface area contributed by atoms with Gasteiger partial charge in [0.1, 0.15) is 0 Å². The lowest BCUT2D eigenvalue weighted by molar-refractivity contribution is -0.138. The molecule has 0 heterocycles. The van der Waals surface area contributed by atoms with Gasteiger partial charge in [0.15, 0.2) is 0 Å². The first-order valence-electron chi connectivity index (χ1n) is 10.2. The lowest BCUT2D eigenvalue weighted by Crippen LogP contribution is -1.93. The molecule has 0 rings (SSSR count). The molecule has 0 aliphatic carbocycles. The summed E-state index contributed by atoms with van der Waals surface area (Å²) in [6.07, 6.45) is 17.8. The molecule has 0 aromatic rings. The predicted molar refractivity (Wildman–Crippen MR) is 107 cm³/mol. The van der Waals surface area contributed by atoms with Crippen molar-refractivity contribution < 1.29 is 19.8 Å². The van der Waals surface area contributed by atoms with Crippen molar-refractivity contribution in [1.82, 2.24) is 0 Å². The van der Waals surface area contributed by atoms with Crippen LogP contribution in [0, 0.1) is 0 Å². The Balaban J connectivity index is 3.61. The number of carbonyl (C=O) groups is 2. The van der Waals surface area contributed by atoms with E-state index < -0.39 is 11.9 Å². The molecule has 0 bridgehead atoms. The lowest BCUT2D eigenvalue weighted by Gasteiger charge is -2.03. The maximum atomic E-state index is 10.4. The summed E-state index contributed by atoms with van der Waals surface area (Å²) < 4.78 is 0. The molecule has 150 valence electrons. The van der Waals surface area contributed by atoms with Crippen molar-refractivity contribution in [2.45, 2.75) is 104 Å². The second kappa shape index (κ2) is 16.9. The normalized spacial score (nSPS) is 12.4. The van der Waals surface area contributed by atoms with E-state index in [1.165, 1.54) is 11.1 Å². The summed E-state index contributed by atoms with van der Waals surface area (Å²) in [6, 6.07) is 0. The van der Waals surface area contributed by atoms with Crippen LogP contribution in [-0.2, 0) is 9.59 Å². The fourth-order valence-corrected chi connectivity index (χ4v) is 2.91. The minimum Gasteiger partial charge on any atom is -0.481 e. The van der Waals surface area contributed by atoms with Crippen molar-refractivity contribution in [2.24, 2.45) is 0 Å². The molecule has 0 aromatic heterocycles. The van der Waals surface area contributed by atoms with Crippen LogP contribution in [0.4, 0.5) is 0 Å². The molecule has 0 aliphatic heterocycles. The molecule has 4 nitrogen and oxygen atoms in total. The summed E-state index contributed by atoms with van der Waals surface area (Å²) in [5, 5.41) is 17.2. The van der Waals surface area contributed by atoms with Gasteiger partial charge in [0.05, 0.1) is 0 Å². The van der Waals surface area contributed by atoms with Crippen LogP contribution in [0.25, 0.3) is 0 Å². The number of carboxylic acids is 2. The minimum absolute atomic E-state index is 0.294. The van der Waals surface area contributed by atoms with E-state index in [0.29, 0.717) is 12.8 Å². The van der Waals surface area contributed by atoms with Gasteiger partial charge < -0.3 is 10.2 Å². The van der Waals surface area contributed by atoms with Crippen molar-refractivity contribution in [1.29, 1.82) is 0 Å². The van der Waals surface area contributed by atoms with Gasteiger partial charge in [-0.3, -0.25) is 9.59 Å². The second-order valence-corrected chi connectivity index (χ2v) is 7.29. The Morgan fingerprint density at radius 1 is 0.577 bits per heavy atom. The molecule has 0 spiro atoms. The number of carboxylic acid groups (broad SMARTS) is 2. The fourth-order valence-electron chi connectivity index (χ4n) is 2.91. The van der Waals surface area contributed by atoms with Crippen molar-refractivity contribution >= 4 is 11.9 Å². The van der Waals surface area contributed by atoms with E-state index >= 15 is 0 Å². The maximum Gasteiger partial charge on any atom is 0.303 e. The average molecular weight is 367 g/mol. The first-order valence-corrected chi connectivity index (χ1v) is 10.2. The van der Waals surface area contributed by atoms with Crippen LogP contribution in [0.5, 0.6) is 0 Å². The highest BCUT2D eigenvalue weighted by atomic mass is 16.4. The highest BCUT2D eigenvalue weighted by Gasteiger charge is 1.98. The van der Waals surface area contributed by atoms with Gasteiger partial charge in [0.25, 0.3) is 0 Å². The first-order chi connectivity index (χ1) is 12.4. The molecule has 0 aromatic carbocycles. The largest absolute Gasteiger partial charge is 0.481 e. The molecule has 0 saturated heterocycles. The smallest absolute Gasteiger partial charge is 0.303 e. The van der Waals surface area contributed by atoms with Crippen molar-refractivity contribution in [3.8, 4) is 0 Å². The highest BCUT2D eigenvalue weighted by molar-refractivity contribution is 5.66. The fraction of sp³-hybridized carbons (Fsp3) is 0.727. The Kier molecular flexibility index (Phi) is 15.8. The van der Waals surface area contributed by atoms with E-state index in [9.17, 15) is 9.59 Å². The number of allylic oxidation sites excluding steroid dienone is 4. The summed E-state index contributed by atoms with van der Waals surface area (Å²) in [7, 11) is 0. The van der Waals surface area contributed by atoms with Gasteiger partial charge in [0.2, 0.25) is 0 Å². The van der Waals surface area contributed by atoms with Gasteiger partial charge in [-0.15, -0.1) is 0 Å². The van der Waals surface area contributed by atoms with Crippen LogP contribution >= 0.6 is 0 Å². The molecule has 26 heavy (non-hydrogen) atoms. The molecule has 0 atom stereocenters. The number of hydrogen-bond acceptors (Lipinski definition) is 2. The van der Waals surface area contributed by atoms with E-state index in [0.717, 1.165) is 77.0 Å². The van der Waals surface area contributed by atoms with Crippen LogP contribution in [0.1, 0.15) is 104 Å². The summed E-state index contributed by atoms with van der Waals surface area (Å²) >= 11 is 0. The highest BCUT2D eigenvalue weighted by Crippen LogP contribution is 2.14. The monoisotopic (exact) mass is 366 g/mol. The zero-order chi connectivity index (χ0) is 19.6. The second-order valence-electron chi connectivity index (χ2n) is 7.29. The maximum absolute atomic E-state index is 10.4. The van der Waals surface area contributed by atoms with E-state index in [1.54, 1.807) is 0 Å². The Bertz CT molecular complexity index is 449. The third-order valence-corrected chi connectivity index (χ3v) is 4.58. The molecule has 0 aliphatic rings. The molecule has 0 radical (unpaired) electrons. The molecular weight excluding hydrogens is 328 g/mol. The van der Waals surface area contributed by atoms with Gasteiger partial charge in [-0.25, -0.2) is 0 Å². The van der Waals surface area contributed by atoms with Gasteiger partial charge >= 0.3 is 11.9 Å². The predicted octanol–water partition coefficient (Wildman–Crippen LogP) is 6.51. The summed E-state index contributed by atoms with van der Waals surface area (Å²) in [6.45, 7) is 4.38. The van der Waals surface area contributed by atoms with Gasteiger partial charge in [-0.05, 0) is 65.2 Å². The van der Waals surface area contributed by atoms with Gasteiger partial charge in [-0.1, -0.05) is 49.0 Å². The van der Waals surface area contributed by atoms with E-state index in [2.05, 4.69) is 26.0 Å². The van der Waals surface area contributed by atoms with Crippen LogP contribution < -0.4 is 0 Å². The number of aliphatic carboxylic acids is 2. The van der Waals surface area contributed by atoms with Crippen LogP contribution in [0.2, 0.25) is 0 Å². The van der Waals surface area contributed by atoms with Gasteiger partial charge in [0, 0.05) is 12.8 Å². The molecule has 0 amide bonds. The third kappa shape index (κ3) is 18.8. The molecule has 0 saturated carbocycles. The Labute approximate surface area is 159 Å². The number of rotatable bonds is 17. The Morgan fingerprint density at radius 2 is 1.00 bits per heavy atom. The standard InChI is InChI=1S/C22H38O4/c1-19(13-8-4-3-5-10-17-21(23)24)15-12-16-20(2)14-9-6-7-11-18-22(25)26/h13,16H,3-12,14-15,17-18H2,1-2H3,(H,23,24)(H,25,26)/b19-13+,20-16+. The third-order valence-electron chi connectivity index (χ3n) is 4.58. The lowest BCUT2D eigenvalue weighted by atomic mass is 10.0. The van der Waals surface area contributed by atoms with E-state index in [1.807, 2.05) is 0 Å². The number of unbranched alkanes of at least 4 members (excludes halogenated alkanes) is 7. The van der Waals surface area contributed by atoms with Crippen LogP contribution in [-0.4, -0.2) is 22.2 Å². The van der Waals surface area contributed by atoms with Crippen molar-refractivity contribution in [2.75, 3.05) is 0 Å². The number of hydrogen-bond donors (Lipinski definition) is 2. The van der Waals surface area contributed by atoms with Crippen LogP contribution in [0.3, 0.4) is 0 Å². The zero-order valence-corrected chi connectivity index (χ0v) is 16.8. The van der Waals surface area contributed by atoms with E-state index in [-0.39, 0.29) is 0 Å². The van der Waals surface area contributed by atoms with Gasteiger partial charge in [-0.2, -0.15) is 0 Å². The summed E-state index contributed by atoms with van der Waals surface area (Å²) in [5.74, 6) is -1.38. The molecule has 2 N–H and O–H groups in total. The molecule has 0 unspecified atom stereocenters. The minimum atomic E-state index is -0.692. The molecular formula is C22H38O4. The topological polar surface area (TPSA) is 74.6 Å². The first kappa shape index (κ1) is 24.4. The SMILES string of the molecule is C/C(=C\CCCCCCC(=O)O)CC/C=C(\C)CCCCCCC(=O)O. The van der Waals surface area contributed by atoms with E-state index in [4.69, 9.17) is 10.2 Å². The quantitative estimate of drug-likeness (QED) is 0.227. The van der Waals surface area contributed by atoms with Crippen molar-refractivity contribution in [3.63, 3.8) is 0 Å². The average Bonchev–Trinajstić information content (AvgIpc) is 2.56. The zero-order valence-electron chi connectivity index (χ0n) is 16.8. The molecule has 0 fully saturated rings. The van der Waals surface area contributed by atoms with Crippen LogP contribution in [0.15, 0.2) is 23.3 Å².